The highest BCUT2D eigenvalue weighted by Gasteiger charge is 2.27. The van der Waals surface area contributed by atoms with E-state index in [4.69, 9.17) is 0 Å². The fourth-order valence-corrected chi connectivity index (χ4v) is 28.5. The summed E-state index contributed by atoms with van der Waals surface area (Å²) in [4.78, 5) is 0. The molecule has 0 nitrogen and oxygen atoms in total. The number of hydrogen-bond donors (Lipinski definition) is 0. The van der Waals surface area contributed by atoms with Gasteiger partial charge in [-0.05, 0) is 0 Å². The maximum Gasteiger partial charge on any atom is 0.0730 e. The van der Waals surface area contributed by atoms with Gasteiger partial charge in [0.05, 0.1) is 29.5 Å². The summed E-state index contributed by atoms with van der Waals surface area (Å²) < 4.78 is 1.38. The van der Waals surface area contributed by atoms with Crippen LogP contribution in [-0.4, -0.2) is 96.5 Å². The van der Waals surface area contributed by atoms with Gasteiger partial charge >= 0.3 is 0 Å². The smallest absolute Gasteiger partial charge is 0.0730 e. The molecule has 0 aromatic carbocycles. The number of hydrogen-bond acceptors (Lipinski definition) is 16. The van der Waals surface area contributed by atoms with Gasteiger partial charge < -0.3 is 0 Å². The van der Waals surface area contributed by atoms with Crippen molar-refractivity contribution in [2.45, 2.75) is 30.2 Å². The van der Waals surface area contributed by atoms with Crippen molar-refractivity contribution in [3.05, 3.63) is 0 Å². The average Bonchev–Trinajstić information content (AvgIpc) is 2.70. The molecule has 34 heavy (non-hydrogen) atoms. The summed E-state index contributed by atoms with van der Waals surface area (Å²) in [6, 6.07) is 0. The molecule has 0 aliphatic carbocycles. The van der Waals surface area contributed by atoms with Gasteiger partial charge in [0.15, 0.2) is 0 Å². The summed E-state index contributed by atoms with van der Waals surface area (Å²) in [6.45, 7) is 0. The van der Waals surface area contributed by atoms with Crippen LogP contribution in [0.2, 0.25) is 0 Å². The molecular formula is C18H30S16. The van der Waals surface area contributed by atoms with E-state index in [1.54, 1.807) is 0 Å². The molecule has 0 bridgehead atoms. The quantitative estimate of drug-likeness (QED) is 0.0619. The van der Waals surface area contributed by atoms with Gasteiger partial charge in [-0.1, -0.05) is 86.4 Å². The molecule has 0 saturated carbocycles. The Bertz CT molecular complexity index is 436. The summed E-state index contributed by atoms with van der Waals surface area (Å²) in [5, 5.41) is 8.58. The fourth-order valence-electron chi connectivity index (χ4n) is 2.36. The third kappa shape index (κ3) is 13.3. The largest absolute Gasteiger partial charge is 0.160 e. The average molecular weight is 760 g/mol. The van der Waals surface area contributed by atoms with E-state index in [2.05, 4.69) is 180 Å². The summed E-state index contributed by atoms with van der Waals surface area (Å²) in [6.07, 6.45) is 0. The van der Waals surface area contributed by atoms with Gasteiger partial charge in [0.2, 0.25) is 0 Å². The van der Waals surface area contributed by atoms with E-state index in [-0.39, 0.29) is 0 Å². The van der Waals surface area contributed by atoms with Crippen LogP contribution in [0.4, 0.5) is 0 Å². The van der Waals surface area contributed by atoms with Crippen molar-refractivity contribution in [2.75, 3.05) is 66.4 Å². The molecule has 0 aromatic rings. The molecule has 0 radical (unpaired) electrons. The Hall–Kier alpha value is 5.60. The van der Waals surface area contributed by atoms with Crippen LogP contribution in [0.3, 0.4) is 0 Å². The van der Waals surface area contributed by atoms with E-state index < -0.39 is 0 Å². The van der Waals surface area contributed by atoms with Crippen molar-refractivity contribution < 1.29 is 0 Å². The monoisotopic (exact) mass is 758 g/mol. The standard InChI is InChI=1S/C18H30S16/c1-13(2-19-1)31-27-9-23-17(24-10-28-32-14-3-20-4-14)18(25-11-29-33-15-5-21-6-15)26-12-30-34-16-7-22-8-16/h13-18H,1-12H2. The molecule has 0 aromatic heterocycles. The molecular weight excluding hydrogens is 729 g/mol. The van der Waals surface area contributed by atoms with Crippen molar-refractivity contribution in [3.8, 4) is 0 Å². The zero-order chi connectivity index (χ0) is 23.3. The molecule has 4 aliphatic heterocycles. The molecule has 4 heterocycles. The molecule has 16 heteroatoms. The van der Waals surface area contributed by atoms with Crippen molar-refractivity contribution in [1.82, 2.24) is 0 Å². The van der Waals surface area contributed by atoms with E-state index in [1.807, 2.05) is 0 Å². The molecule has 4 saturated heterocycles. The molecule has 0 spiro atoms. The van der Waals surface area contributed by atoms with Crippen LogP contribution < -0.4 is 0 Å². The van der Waals surface area contributed by atoms with E-state index in [0.717, 1.165) is 21.0 Å². The Morgan fingerprint density at radius 3 is 0.824 bits per heavy atom. The Kier molecular flexibility index (Phi) is 19.6. The highest BCUT2D eigenvalue weighted by molar-refractivity contribution is 8.80. The number of rotatable bonds is 21. The van der Waals surface area contributed by atoms with Gasteiger partial charge in [-0.15, -0.1) is 47.0 Å². The highest BCUT2D eigenvalue weighted by Crippen LogP contribution is 2.50. The Labute approximate surface area is 272 Å². The van der Waals surface area contributed by atoms with E-state index in [1.165, 1.54) is 66.4 Å². The molecule has 0 unspecified atom stereocenters. The maximum atomic E-state index is 2.24. The van der Waals surface area contributed by atoms with E-state index in [9.17, 15) is 0 Å². The van der Waals surface area contributed by atoms with Gasteiger partial charge in [-0.25, -0.2) is 0 Å². The first-order chi connectivity index (χ1) is 16.9. The second-order valence-corrected chi connectivity index (χ2v) is 28.9. The van der Waals surface area contributed by atoms with Gasteiger partial charge in [0.25, 0.3) is 0 Å². The van der Waals surface area contributed by atoms with Crippen LogP contribution in [0, 0.1) is 0 Å². The topological polar surface area (TPSA) is 0 Å². The van der Waals surface area contributed by atoms with Crippen molar-refractivity contribution in [2.24, 2.45) is 0 Å². The second kappa shape index (κ2) is 20.5. The van der Waals surface area contributed by atoms with Crippen LogP contribution in [-0.2, 0) is 0 Å². The molecule has 198 valence electrons. The normalized spacial score (nSPS) is 22.1. The van der Waals surface area contributed by atoms with Gasteiger partial charge in [-0.2, -0.15) is 47.0 Å². The highest BCUT2D eigenvalue weighted by atomic mass is 33.1. The number of thioether (sulfide) groups is 8. The summed E-state index contributed by atoms with van der Waals surface area (Å²) >= 11 is 17.4. The minimum atomic E-state index is 0.692. The van der Waals surface area contributed by atoms with Crippen molar-refractivity contribution in [1.29, 1.82) is 0 Å². The van der Waals surface area contributed by atoms with Crippen molar-refractivity contribution >= 4 is 180 Å². The predicted octanol–water partition coefficient (Wildman–Crippen LogP) is 10.4. The summed E-state index contributed by atoms with van der Waals surface area (Å²) in [5.74, 6) is 10.9. The molecule has 4 rings (SSSR count). The Morgan fingerprint density at radius 2 is 0.647 bits per heavy atom. The first kappa shape index (κ1) is 32.5. The van der Waals surface area contributed by atoms with Crippen LogP contribution in [0.1, 0.15) is 0 Å². The fraction of sp³-hybridized carbons (Fsp3) is 1.00. The lowest BCUT2D eigenvalue weighted by molar-refractivity contribution is 1.09. The molecule has 0 atom stereocenters. The lowest BCUT2D eigenvalue weighted by atomic mass is 10.5. The van der Waals surface area contributed by atoms with E-state index >= 15 is 0 Å². The lowest BCUT2D eigenvalue weighted by Gasteiger charge is -2.28. The zero-order valence-corrected chi connectivity index (χ0v) is 31.5. The third-order valence-electron chi connectivity index (χ3n) is 4.59. The zero-order valence-electron chi connectivity index (χ0n) is 18.5. The lowest BCUT2D eigenvalue weighted by Crippen LogP contribution is -2.20. The summed E-state index contributed by atoms with van der Waals surface area (Å²) in [7, 11) is 17.1. The second-order valence-electron chi connectivity index (χ2n) is 7.37. The van der Waals surface area contributed by atoms with Gasteiger partial charge in [-0.3, -0.25) is 0 Å². The molecule has 4 aliphatic rings. The van der Waals surface area contributed by atoms with Crippen molar-refractivity contribution in [3.63, 3.8) is 0 Å². The predicted molar refractivity (Wildman–Crippen MR) is 203 cm³/mol. The third-order valence-corrected chi connectivity index (χ3v) is 31.2. The van der Waals surface area contributed by atoms with Crippen LogP contribution in [0.15, 0.2) is 0 Å². The molecule has 4 fully saturated rings. The minimum absolute atomic E-state index is 0.692. The maximum absolute atomic E-state index is 2.24. The first-order valence-corrected chi connectivity index (χ1v) is 29.1. The Balaban J connectivity index is 1.20. The van der Waals surface area contributed by atoms with Crippen LogP contribution in [0.5, 0.6) is 0 Å². The Morgan fingerprint density at radius 1 is 0.412 bits per heavy atom. The molecule has 0 N–H and O–H groups in total. The van der Waals surface area contributed by atoms with Crippen LogP contribution >= 0.6 is 180 Å². The summed E-state index contributed by atoms with van der Waals surface area (Å²) in [5.41, 5.74) is 0. The first-order valence-electron chi connectivity index (χ1n) is 10.8. The SMILES string of the molecule is C(SSC1CSC1)SC(SCSSC1CSC1)C(SCSSC1CSC1)SCSSC1CSC1. The van der Waals surface area contributed by atoms with E-state index in [0.29, 0.717) is 9.16 Å². The van der Waals surface area contributed by atoms with Crippen LogP contribution in [0.25, 0.3) is 0 Å². The van der Waals surface area contributed by atoms with Gasteiger partial charge in [0, 0.05) is 67.0 Å². The minimum Gasteiger partial charge on any atom is -0.160 e. The molecule has 0 amide bonds. The van der Waals surface area contributed by atoms with Gasteiger partial charge in [0.1, 0.15) is 0 Å².